The lowest BCUT2D eigenvalue weighted by Crippen LogP contribution is -2.55. The van der Waals surface area contributed by atoms with E-state index in [4.69, 9.17) is 9.90 Å². The van der Waals surface area contributed by atoms with Gasteiger partial charge in [-0.05, 0) is 43.5 Å². The molecule has 0 amide bonds. The molecule has 1 fully saturated rings. The Labute approximate surface area is 147 Å². The van der Waals surface area contributed by atoms with Gasteiger partial charge >= 0.3 is 5.97 Å². The van der Waals surface area contributed by atoms with Gasteiger partial charge < -0.3 is 25.3 Å². The van der Waals surface area contributed by atoms with E-state index in [-0.39, 0.29) is 12.2 Å². The highest BCUT2D eigenvalue weighted by atomic mass is 16.4. The summed E-state index contributed by atoms with van der Waals surface area (Å²) in [5.41, 5.74) is 0.139. The third kappa shape index (κ3) is 5.72. The smallest absolute Gasteiger partial charge is 0.312 e. The number of rotatable bonds is 6. The van der Waals surface area contributed by atoms with Gasteiger partial charge in [0.05, 0.1) is 11.5 Å². The Hall–Kier alpha value is -2.12. The minimum Gasteiger partial charge on any atom is -0.508 e. The average Bonchev–Trinajstić information content (AvgIpc) is 2.57. The van der Waals surface area contributed by atoms with Crippen LogP contribution in [0, 0.1) is 5.41 Å². The molecule has 25 heavy (non-hydrogen) atoms. The first-order chi connectivity index (χ1) is 11.9. The second-order valence-corrected chi connectivity index (χ2v) is 6.30. The molecule has 1 saturated heterocycles. The summed E-state index contributed by atoms with van der Waals surface area (Å²) in [6.45, 7) is 3.59. The molecule has 7 nitrogen and oxygen atoms in total. The van der Waals surface area contributed by atoms with E-state index < -0.39 is 17.5 Å². The average molecular weight is 353 g/mol. The summed E-state index contributed by atoms with van der Waals surface area (Å²) in [4.78, 5) is 22.1. The maximum atomic E-state index is 11.6. The molecule has 2 atom stereocenters. The van der Waals surface area contributed by atoms with E-state index in [1.807, 2.05) is 19.1 Å². The van der Waals surface area contributed by atoms with Crippen LogP contribution < -0.4 is 0 Å². The zero-order valence-corrected chi connectivity index (χ0v) is 14.5. The summed E-state index contributed by atoms with van der Waals surface area (Å²) >= 11 is 0. The highest BCUT2D eigenvalue weighted by Gasteiger charge is 2.47. The molecule has 7 heteroatoms. The molecule has 0 saturated carbocycles. The van der Waals surface area contributed by atoms with Crippen LogP contribution in [0.2, 0.25) is 0 Å². The molecule has 2 rings (SSSR count). The molecule has 0 radical (unpaired) electrons. The quantitative estimate of drug-likeness (QED) is 0.573. The number of nitrogens with zero attached hydrogens (tertiary/aromatic N) is 1. The van der Waals surface area contributed by atoms with Gasteiger partial charge in [-0.2, -0.15) is 0 Å². The minimum atomic E-state index is -0.982. The number of β-amino-alcohol motifs (C(OH)–C–C–N with tert-alkyl or cyclic N) is 1. The van der Waals surface area contributed by atoms with Gasteiger partial charge in [-0.15, -0.1) is 0 Å². The van der Waals surface area contributed by atoms with E-state index in [0.29, 0.717) is 25.9 Å². The third-order valence-corrected chi connectivity index (χ3v) is 4.72. The van der Waals surface area contributed by atoms with E-state index in [1.54, 1.807) is 12.1 Å². The fourth-order valence-corrected chi connectivity index (χ4v) is 3.28. The fraction of sp³-hybridized carbons (Fsp3) is 0.556. The van der Waals surface area contributed by atoms with Crippen LogP contribution in [0.1, 0.15) is 31.7 Å². The van der Waals surface area contributed by atoms with Crippen LogP contribution in [-0.4, -0.2) is 63.5 Å². The number of aliphatic hydroxyl groups excluding tert-OH is 1. The zero-order chi connectivity index (χ0) is 18.9. The van der Waals surface area contributed by atoms with Crippen molar-refractivity contribution in [3.63, 3.8) is 0 Å². The molecule has 4 N–H and O–H groups in total. The van der Waals surface area contributed by atoms with Crippen molar-refractivity contribution in [2.75, 3.05) is 19.6 Å². The summed E-state index contributed by atoms with van der Waals surface area (Å²) in [5.74, 6) is -0.622. The summed E-state index contributed by atoms with van der Waals surface area (Å²) in [6.07, 6.45) is 1.78. The standard InChI is InChI=1S/C17H25NO4.CH2O2/c1-2-8-17(16(21)22)9-11-18(12-15(17)20)10-7-13-3-5-14(19)6-4-13;2-1-3/h3-6,15,19-20H,2,7-12H2,1H3,(H,21,22);1H,(H,2,3)/t15-,17+;/m1./s1. The fourth-order valence-electron chi connectivity index (χ4n) is 3.28. The van der Waals surface area contributed by atoms with Crippen molar-refractivity contribution in [1.29, 1.82) is 0 Å². The van der Waals surface area contributed by atoms with Gasteiger partial charge in [0, 0.05) is 13.1 Å². The topological polar surface area (TPSA) is 118 Å². The predicted octanol–water partition coefficient (Wildman–Crippen LogP) is 1.57. The molecule has 1 aromatic rings. The van der Waals surface area contributed by atoms with Crippen LogP contribution >= 0.6 is 0 Å². The Morgan fingerprint density at radius 1 is 1.36 bits per heavy atom. The van der Waals surface area contributed by atoms with E-state index in [2.05, 4.69) is 4.90 Å². The van der Waals surface area contributed by atoms with Gasteiger partial charge in [0.1, 0.15) is 5.75 Å². The molecular weight excluding hydrogens is 326 g/mol. The minimum absolute atomic E-state index is 0.250. The third-order valence-electron chi connectivity index (χ3n) is 4.72. The Bertz CT molecular complexity index is 547. The highest BCUT2D eigenvalue weighted by Crippen LogP contribution is 2.36. The number of aliphatic hydroxyl groups is 1. The lowest BCUT2D eigenvalue weighted by Gasteiger charge is -2.42. The van der Waals surface area contributed by atoms with Gasteiger partial charge in [-0.3, -0.25) is 9.59 Å². The second-order valence-electron chi connectivity index (χ2n) is 6.30. The SMILES string of the molecule is CCC[C@]1(C(=O)O)CCN(CCc2ccc(O)cc2)C[C@H]1O.O=CO. The number of piperidine rings is 1. The molecule has 0 aliphatic carbocycles. The Morgan fingerprint density at radius 2 is 1.96 bits per heavy atom. The van der Waals surface area contributed by atoms with Crippen LogP contribution in [0.5, 0.6) is 5.75 Å². The van der Waals surface area contributed by atoms with Crippen LogP contribution in [0.15, 0.2) is 24.3 Å². The largest absolute Gasteiger partial charge is 0.508 e. The first-order valence-corrected chi connectivity index (χ1v) is 8.39. The zero-order valence-electron chi connectivity index (χ0n) is 14.5. The number of hydrogen-bond donors (Lipinski definition) is 4. The summed E-state index contributed by atoms with van der Waals surface area (Å²) < 4.78 is 0. The van der Waals surface area contributed by atoms with Crippen molar-refractivity contribution in [2.24, 2.45) is 5.41 Å². The molecule has 1 aromatic carbocycles. The number of phenols is 1. The Kier molecular flexibility index (Phi) is 8.37. The monoisotopic (exact) mass is 353 g/mol. The maximum absolute atomic E-state index is 11.6. The maximum Gasteiger partial charge on any atom is 0.312 e. The van der Waals surface area contributed by atoms with E-state index in [1.165, 1.54) is 0 Å². The van der Waals surface area contributed by atoms with Crippen LogP contribution in [0.3, 0.4) is 0 Å². The number of carboxylic acids is 1. The number of hydrogen-bond acceptors (Lipinski definition) is 5. The van der Waals surface area contributed by atoms with E-state index in [0.717, 1.165) is 24.9 Å². The number of likely N-dealkylation sites (tertiary alicyclic amines) is 1. The van der Waals surface area contributed by atoms with Crippen molar-refractivity contribution in [1.82, 2.24) is 4.90 Å². The lowest BCUT2D eigenvalue weighted by molar-refractivity contribution is -0.163. The van der Waals surface area contributed by atoms with Gasteiger partial charge in [0.2, 0.25) is 0 Å². The van der Waals surface area contributed by atoms with Crippen molar-refractivity contribution < 1.29 is 30.0 Å². The molecule has 140 valence electrons. The summed E-state index contributed by atoms with van der Waals surface area (Å²) in [7, 11) is 0. The van der Waals surface area contributed by atoms with E-state index in [9.17, 15) is 20.1 Å². The number of benzene rings is 1. The van der Waals surface area contributed by atoms with E-state index >= 15 is 0 Å². The highest BCUT2D eigenvalue weighted by molar-refractivity contribution is 5.75. The van der Waals surface area contributed by atoms with Crippen LogP contribution in [-0.2, 0) is 16.0 Å². The summed E-state index contributed by atoms with van der Waals surface area (Å²) in [5, 5.41) is 36.0. The first kappa shape index (κ1) is 20.9. The van der Waals surface area contributed by atoms with Crippen molar-refractivity contribution >= 4 is 12.4 Å². The summed E-state index contributed by atoms with van der Waals surface area (Å²) in [6, 6.07) is 7.09. The normalized spacial score (nSPS) is 23.4. The van der Waals surface area contributed by atoms with Crippen molar-refractivity contribution in [3.8, 4) is 5.75 Å². The Balaban J connectivity index is 0.000000970. The predicted molar refractivity (Wildman–Crippen MR) is 92.5 cm³/mol. The van der Waals surface area contributed by atoms with Gasteiger partial charge in [0.15, 0.2) is 0 Å². The van der Waals surface area contributed by atoms with Crippen LogP contribution in [0.4, 0.5) is 0 Å². The molecule has 0 spiro atoms. The molecule has 1 aliphatic heterocycles. The first-order valence-electron chi connectivity index (χ1n) is 8.39. The molecular formula is C18H27NO6. The number of carbonyl (C=O) groups is 2. The van der Waals surface area contributed by atoms with Gasteiger partial charge in [-0.1, -0.05) is 25.5 Å². The van der Waals surface area contributed by atoms with Crippen molar-refractivity contribution in [3.05, 3.63) is 29.8 Å². The number of carboxylic acid groups (broad SMARTS) is 2. The molecule has 0 aromatic heterocycles. The van der Waals surface area contributed by atoms with Crippen molar-refractivity contribution in [2.45, 2.75) is 38.7 Å². The number of aromatic hydroxyl groups is 1. The molecule has 0 unspecified atom stereocenters. The Morgan fingerprint density at radius 3 is 2.44 bits per heavy atom. The van der Waals surface area contributed by atoms with Gasteiger partial charge in [-0.25, -0.2) is 0 Å². The molecule has 1 aliphatic rings. The molecule has 0 bridgehead atoms. The van der Waals surface area contributed by atoms with Crippen LogP contribution in [0.25, 0.3) is 0 Å². The van der Waals surface area contributed by atoms with Gasteiger partial charge in [0.25, 0.3) is 6.47 Å². The lowest BCUT2D eigenvalue weighted by atomic mass is 9.73. The number of aliphatic carboxylic acids is 1. The number of phenolic OH excluding ortho intramolecular Hbond substituents is 1. The second kappa shape index (κ2) is 10.0. The molecule has 1 heterocycles.